The first kappa shape index (κ1) is 9.04. The maximum atomic E-state index is 11.6. The van der Waals surface area contributed by atoms with E-state index >= 15 is 0 Å². The third-order valence-corrected chi connectivity index (χ3v) is 3.63. The predicted octanol–water partition coefficient (Wildman–Crippen LogP) is 2.19. The minimum Gasteiger partial charge on any atom is -0.339 e. The molecule has 74 valence electrons. The van der Waals surface area contributed by atoms with Crippen LogP contribution in [0.3, 0.4) is 0 Å². The number of carbonyl (C=O) groups is 1. The topological polar surface area (TPSA) is 20.3 Å². The Morgan fingerprint density at radius 2 is 2.08 bits per heavy atom. The van der Waals surface area contributed by atoms with Crippen LogP contribution in [0.5, 0.6) is 0 Å². The van der Waals surface area contributed by atoms with Crippen LogP contribution >= 0.6 is 0 Å². The number of amides is 1. The molecule has 0 spiro atoms. The SMILES string of the molecule is CCC(=O)N1CCC2CCCCC21. The monoisotopic (exact) mass is 181 g/mol. The lowest BCUT2D eigenvalue weighted by Gasteiger charge is -2.31. The Balaban J connectivity index is 2.02. The number of nitrogens with zero attached hydrogens (tertiary/aromatic N) is 1. The van der Waals surface area contributed by atoms with Crippen LogP contribution in [0.25, 0.3) is 0 Å². The summed E-state index contributed by atoms with van der Waals surface area (Å²) < 4.78 is 0. The molecule has 2 fully saturated rings. The molecular weight excluding hydrogens is 162 g/mol. The number of hydrogen-bond acceptors (Lipinski definition) is 1. The summed E-state index contributed by atoms with van der Waals surface area (Å²) in [5, 5.41) is 0. The quantitative estimate of drug-likeness (QED) is 0.607. The second-order valence-electron chi connectivity index (χ2n) is 4.34. The number of fused-ring (bicyclic) bond motifs is 1. The highest BCUT2D eigenvalue weighted by atomic mass is 16.2. The van der Waals surface area contributed by atoms with Gasteiger partial charge in [-0.1, -0.05) is 19.8 Å². The average molecular weight is 181 g/mol. The molecule has 1 amide bonds. The summed E-state index contributed by atoms with van der Waals surface area (Å²) in [6, 6.07) is 0.612. The molecule has 1 aliphatic heterocycles. The molecule has 13 heavy (non-hydrogen) atoms. The second-order valence-corrected chi connectivity index (χ2v) is 4.34. The number of carbonyl (C=O) groups excluding carboxylic acids is 1. The molecule has 0 aromatic heterocycles. The third kappa shape index (κ3) is 1.59. The molecule has 0 bridgehead atoms. The summed E-state index contributed by atoms with van der Waals surface area (Å²) in [6.45, 7) is 3.00. The van der Waals surface area contributed by atoms with Gasteiger partial charge in [-0.05, 0) is 25.2 Å². The molecule has 0 aromatic carbocycles. The summed E-state index contributed by atoms with van der Waals surface area (Å²) in [4.78, 5) is 13.7. The Labute approximate surface area is 80.3 Å². The molecular formula is C11H19NO. The first-order valence-electron chi connectivity index (χ1n) is 5.62. The maximum Gasteiger partial charge on any atom is 0.222 e. The highest BCUT2D eigenvalue weighted by Crippen LogP contribution is 2.36. The molecule has 2 unspecified atom stereocenters. The van der Waals surface area contributed by atoms with Crippen LogP contribution in [0.1, 0.15) is 45.4 Å². The van der Waals surface area contributed by atoms with Crippen molar-refractivity contribution >= 4 is 5.91 Å². The van der Waals surface area contributed by atoms with Gasteiger partial charge in [0.15, 0.2) is 0 Å². The van der Waals surface area contributed by atoms with Crippen LogP contribution in [0.2, 0.25) is 0 Å². The predicted molar refractivity (Wildman–Crippen MR) is 52.4 cm³/mol. The Hall–Kier alpha value is -0.530. The van der Waals surface area contributed by atoms with Crippen LogP contribution in [0.15, 0.2) is 0 Å². The van der Waals surface area contributed by atoms with Crippen molar-refractivity contribution in [3.63, 3.8) is 0 Å². The minimum atomic E-state index is 0.370. The van der Waals surface area contributed by atoms with Gasteiger partial charge in [0.05, 0.1) is 0 Å². The van der Waals surface area contributed by atoms with E-state index < -0.39 is 0 Å². The number of hydrogen-bond donors (Lipinski definition) is 0. The first-order valence-corrected chi connectivity index (χ1v) is 5.62. The van der Waals surface area contributed by atoms with Crippen LogP contribution in [0, 0.1) is 5.92 Å². The fraction of sp³-hybridized carbons (Fsp3) is 0.909. The van der Waals surface area contributed by atoms with Crippen LogP contribution in [-0.2, 0) is 4.79 Å². The first-order chi connectivity index (χ1) is 6.33. The second kappa shape index (κ2) is 3.69. The summed E-state index contributed by atoms with van der Waals surface area (Å²) in [5.41, 5.74) is 0. The lowest BCUT2D eigenvalue weighted by molar-refractivity contribution is -0.132. The third-order valence-electron chi connectivity index (χ3n) is 3.63. The van der Waals surface area contributed by atoms with Gasteiger partial charge in [-0.2, -0.15) is 0 Å². The smallest absolute Gasteiger partial charge is 0.222 e. The highest BCUT2D eigenvalue weighted by molar-refractivity contribution is 5.76. The van der Waals surface area contributed by atoms with Gasteiger partial charge in [0, 0.05) is 19.0 Å². The highest BCUT2D eigenvalue weighted by Gasteiger charge is 2.37. The van der Waals surface area contributed by atoms with Crippen molar-refractivity contribution in [2.45, 2.75) is 51.5 Å². The van der Waals surface area contributed by atoms with E-state index in [0.717, 1.165) is 12.5 Å². The zero-order valence-electron chi connectivity index (χ0n) is 8.46. The van der Waals surface area contributed by atoms with Crippen molar-refractivity contribution in [2.24, 2.45) is 5.92 Å². The normalized spacial score (nSPS) is 33.2. The summed E-state index contributed by atoms with van der Waals surface area (Å²) in [7, 11) is 0. The van der Waals surface area contributed by atoms with E-state index in [1.54, 1.807) is 0 Å². The molecule has 1 heterocycles. The van der Waals surface area contributed by atoms with E-state index in [2.05, 4.69) is 4.90 Å². The maximum absolute atomic E-state index is 11.6. The largest absolute Gasteiger partial charge is 0.339 e. The Morgan fingerprint density at radius 3 is 2.85 bits per heavy atom. The average Bonchev–Trinajstić information content (AvgIpc) is 2.60. The van der Waals surface area contributed by atoms with Gasteiger partial charge >= 0.3 is 0 Å². The van der Waals surface area contributed by atoms with Crippen molar-refractivity contribution in [3.05, 3.63) is 0 Å². The van der Waals surface area contributed by atoms with Gasteiger partial charge in [-0.25, -0.2) is 0 Å². The zero-order chi connectivity index (χ0) is 9.26. The molecule has 2 nitrogen and oxygen atoms in total. The van der Waals surface area contributed by atoms with Gasteiger partial charge < -0.3 is 4.90 Å². The molecule has 1 aliphatic carbocycles. The Bertz CT molecular complexity index is 202. The molecule has 0 N–H and O–H groups in total. The van der Waals surface area contributed by atoms with Crippen molar-refractivity contribution in [2.75, 3.05) is 6.54 Å². The van der Waals surface area contributed by atoms with Crippen molar-refractivity contribution in [1.29, 1.82) is 0 Å². The van der Waals surface area contributed by atoms with Gasteiger partial charge in [0.25, 0.3) is 0 Å². The molecule has 2 atom stereocenters. The molecule has 2 heteroatoms. The Kier molecular flexibility index (Phi) is 2.56. The molecule has 2 rings (SSSR count). The summed E-state index contributed by atoms with van der Waals surface area (Å²) >= 11 is 0. The van der Waals surface area contributed by atoms with Crippen molar-refractivity contribution in [3.8, 4) is 0 Å². The molecule has 0 aromatic rings. The lowest BCUT2D eigenvalue weighted by atomic mass is 9.85. The molecule has 0 radical (unpaired) electrons. The van der Waals surface area contributed by atoms with Crippen LogP contribution in [0.4, 0.5) is 0 Å². The van der Waals surface area contributed by atoms with Gasteiger partial charge in [0.2, 0.25) is 5.91 Å². The summed E-state index contributed by atoms with van der Waals surface area (Å²) in [5.74, 6) is 1.21. The standard InChI is InChI=1S/C11H19NO/c1-2-11(13)12-8-7-9-5-3-4-6-10(9)12/h9-10H,2-8H2,1H3. The van der Waals surface area contributed by atoms with E-state index in [4.69, 9.17) is 0 Å². The Morgan fingerprint density at radius 1 is 1.31 bits per heavy atom. The number of rotatable bonds is 1. The summed E-state index contributed by atoms with van der Waals surface area (Å²) in [6.07, 6.45) is 7.28. The van der Waals surface area contributed by atoms with Crippen molar-refractivity contribution in [1.82, 2.24) is 4.90 Å². The van der Waals surface area contributed by atoms with Crippen LogP contribution < -0.4 is 0 Å². The lowest BCUT2D eigenvalue weighted by Crippen LogP contribution is -2.38. The van der Waals surface area contributed by atoms with Gasteiger partial charge in [0.1, 0.15) is 0 Å². The van der Waals surface area contributed by atoms with Gasteiger partial charge in [-0.3, -0.25) is 4.79 Å². The fourth-order valence-corrected chi connectivity index (χ4v) is 2.92. The van der Waals surface area contributed by atoms with E-state index in [0.29, 0.717) is 18.4 Å². The molecule has 1 saturated carbocycles. The molecule has 1 saturated heterocycles. The van der Waals surface area contributed by atoms with E-state index in [9.17, 15) is 4.79 Å². The van der Waals surface area contributed by atoms with Crippen LogP contribution in [-0.4, -0.2) is 23.4 Å². The van der Waals surface area contributed by atoms with Crippen molar-refractivity contribution < 1.29 is 4.79 Å². The van der Waals surface area contributed by atoms with Gasteiger partial charge in [-0.15, -0.1) is 0 Å². The van der Waals surface area contributed by atoms with E-state index in [1.807, 2.05) is 6.92 Å². The molecule has 2 aliphatic rings. The van der Waals surface area contributed by atoms with E-state index in [-0.39, 0.29) is 0 Å². The number of likely N-dealkylation sites (tertiary alicyclic amines) is 1. The minimum absolute atomic E-state index is 0.370. The zero-order valence-corrected chi connectivity index (χ0v) is 8.46. The fourth-order valence-electron chi connectivity index (χ4n) is 2.92. The van der Waals surface area contributed by atoms with E-state index in [1.165, 1.54) is 32.1 Å².